The standard InChI is InChI=1S/C11H12FNO2/c1-11(2)6-4-3-5-7(12)8(6)13-9(11)10(14)15/h3-5,9,13H,1-2H3,(H,14,15)/t9-/m1/s1. The summed E-state index contributed by atoms with van der Waals surface area (Å²) < 4.78 is 13.4. The SMILES string of the molecule is CC1(C)c2cccc(F)c2N[C@@H]1C(=O)O. The molecule has 1 aromatic carbocycles. The molecule has 1 heterocycles. The zero-order chi connectivity index (χ0) is 11.2. The quantitative estimate of drug-likeness (QED) is 0.743. The molecule has 2 rings (SSSR count). The molecule has 0 bridgehead atoms. The Hall–Kier alpha value is -1.58. The number of nitrogens with one attached hydrogen (secondary N) is 1. The Bertz CT molecular complexity index is 429. The van der Waals surface area contributed by atoms with E-state index >= 15 is 0 Å². The second kappa shape index (κ2) is 2.95. The van der Waals surface area contributed by atoms with Crippen LogP contribution in [0.2, 0.25) is 0 Å². The predicted molar refractivity (Wildman–Crippen MR) is 54.5 cm³/mol. The summed E-state index contributed by atoms with van der Waals surface area (Å²) in [6.07, 6.45) is 0. The number of halogens is 1. The summed E-state index contributed by atoms with van der Waals surface area (Å²) in [5.41, 5.74) is 0.438. The molecule has 80 valence electrons. The van der Waals surface area contributed by atoms with Gasteiger partial charge in [-0.3, -0.25) is 0 Å². The fourth-order valence-corrected chi connectivity index (χ4v) is 2.06. The zero-order valence-corrected chi connectivity index (χ0v) is 8.54. The second-order valence-electron chi connectivity index (χ2n) is 4.30. The van der Waals surface area contributed by atoms with Gasteiger partial charge in [0.1, 0.15) is 11.9 Å². The normalized spacial score (nSPS) is 21.9. The maximum Gasteiger partial charge on any atom is 0.327 e. The highest BCUT2D eigenvalue weighted by Crippen LogP contribution is 2.41. The van der Waals surface area contributed by atoms with Gasteiger partial charge in [0.2, 0.25) is 0 Å². The maximum atomic E-state index is 13.4. The van der Waals surface area contributed by atoms with Crippen LogP contribution in [0, 0.1) is 5.82 Å². The third-order valence-corrected chi connectivity index (χ3v) is 2.97. The summed E-state index contributed by atoms with van der Waals surface area (Å²) in [6.45, 7) is 3.59. The Morgan fingerprint density at radius 2 is 2.20 bits per heavy atom. The van der Waals surface area contributed by atoms with Crippen molar-refractivity contribution in [3.05, 3.63) is 29.6 Å². The minimum absolute atomic E-state index is 0.315. The molecule has 0 saturated heterocycles. The van der Waals surface area contributed by atoms with E-state index in [-0.39, 0.29) is 0 Å². The first-order valence-corrected chi connectivity index (χ1v) is 4.73. The van der Waals surface area contributed by atoms with E-state index < -0.39 is 23.2 Å². The van der Waals surface area contributed by atoms with E-state index in [1.165, 1.54) is 6.07 Å². The number of carboxylic acids is 1. The van der Waals surface area contributed by atoms with Gasteiger partial charge in [0.15, 0.2) is 0 Å². The first-order chi connectivity index (χ1) is 6.94. The van der Waals surface area contributed by atoms with E-state index in [0.29, 0.717) is 5.69 Å². The molecule has 0 radical (unpaired) electrons. The van der Waals surface area contributed by atoms with Crippen molar-refractivity contribution in [1.82, 2.24) is 0 Å². The number of hydrogen-bond acceptors (Lipinski definition) is 2. The molecular weight excluding hydrogens is 197 g/mol. The number of rotatable bonds is 1. The number of fused-ring (bicyclic) bond motifs is 1. The van der Waals surface area contributed by atoms with Crippen LogP contribution < -0.4 is 5.32 Å². The molecule has 1 aliphatic rings. The Morgan fingerprint density at radius 1 is 1.53 bits per heavy atom. The predicted octanol–water partition coefficient (Wildman–Crippen LogP) is 1.98. The molecule has 2 N–H and O–H groups in total. The molecular formula is C11H12FNO2. The van der Waals surface area contributed by atoms with Crippen molar-refractivity contribution in [3.63, 3.8) is 0 Å². The van der Waals surface area contributed by atoms with E-state index in [0.717, 1.165) is 5.56 Å². The molecule has 0 saturated carbocycles. The molecule has 1 aliphatic heterocycles. The summed E-state index contributed by atoms with van der Waals surface area (Å²) in [4.78, 5) is 11.0. The van der Waals surface area contributed by atoms with E-state index in [4.69, 9.17) is 5.11 Å². The van der Waals surface area contributed by atoms with E-state index in [2.05, 4.69) is 5.32 Å². The molecule has 0 spiro atoms. The lowest BCUT2D eigenvalue weighted by Crippen LogP contribution is -2.40. The van der Waals surface area contributed by atoms with Crippen molar-refractivity contribution in [2.45, 2.75) is 25.3 Å². The first kappa shape index (κ1) is 9.96. The van der Waals surface area contributed by atoms with E-state index in [9.17, 15) is 9.18 Å². The molecule has 0 aliphatic carbocycles. The third kappa shape index (κ3) is 1.28. The van der Waals surface area contributed by atoms with Crippen LogP contribution in [0.15, 0.2) is 18.2 Å². The number of carboxylic acid groups (broad SMARTS) is 1. The monoisotopic (exact) mass is 209 g/mol. The van der Waals surface area contributed by atoms with Gasteiger partial charge >= 0.3 is 5.97 Å². The molecule has 15 heavy (non-hydrogen) atoms. The summed E-state index contributed by atoms with van der Waals surface area (Å²) in [5, 5.41) is 11.7. The van der Waals surface area contributed by atoms with Gasteiger partial charge in [-0.05, 0) is 11.6 Å². The Morgan fingerprint density at radius 3 is 2.73 bits per heavy atom. The smallest absolute Gasteiger partial charge is 0.327 e. The van der Waals surface area contributed by atoms with Gasteiger partial charge in [-0.1, -0.05) is 26.0 Å². The minimum atomic E-state index is -0.962. The van der Waals surface area contributed by atoms with Crippen molar-refractivity contribution >= 4 is 11.7 Å². The second-order valence-corrected chi connectivity index (χ2v) is 4.30. The highest BCUT2D eigenvalue weighted by atomic mass is 19.1. The van der Waals surface area contributed by atoms with E-state index in [1.807, 2.05) is 0 Å². The molecule has 0 aromatic heterocycles. The Labute approximate surface area is 86.9 Å². The topological polar surface area (TPSA) is 49.3 Å². The van der Waals surface area contributed by atoms with Crippen LogP contribution in [0.4, 0.5) is 10.1 Å². The minimum Gasteiger partial charge on any atom is -0.480 e. The van der Waals surface area contributed by atoms with Gasteiger partial charge in [-0.15, -0.1) is 0 Å². The fraction of sp³-hybridized carbons (Fsp3) is 0.364. The molecule has 1 aromatic rings. The van der Waals surface area contributed by atoms with Gasteiger partial charge < -0.3 is 10.4 Å². The molecule has 3 nitrogen and oxygen atoms in total. The Balaban J connectivity index is 2.56. The van der Waals surface area contributed by atoms with Gasteiger partial charge in [0.25, 0.3) is 0 Å². The van der Waals surface area contributed by atoms with Crippen LogP contribution in [-0.4, -0.2) is 17.1 Å². The van der Waals surface area contributed by atoms with Crippen LogP contribution in [0.1, 0.15) is 19.4 Å². The number of aliphatic carboxylic acids is 1. The van der Waals surface area contributed by atoms with Crippen LogP contribution >= 0.6 is 0 Å². The van der Waals surface area contributed by atoms with Crippen LogP contribution in [0.25, 0.3) is 0 Å². The molecule has 4 heteroatoms. The number of para-hydroxylation sites is 1. The van der Waals surface area contributed by atoms with Crippen molar-refractivity contribution in [2.24, 2.45) is 0 Å². The first-order valence-electron chi connectivity index (χ1n) is 4.73. The average molecular weight is 209 g/mol. The zero-order valence-electron chi connectivity index (χ0n) is 8.54. The summed E-state index contributed by atoms with van der Waals surface area (Å²) >= 11 is 0. The Kier molecular flexibility index (Phi) is 1.96. The lowest BCUT2D eigenvalue weighted by atomic mass is 9.81. The lowest BCUT2D eigenvalue weighted by Gasteiger charge is -2.23. The van der Waals surface area contributed by atoms with E-state index in [1.54, 1.807) is 26.0 Å². The van der Waals surface area contributed by atoms with Crippen LogP contribution in [0.3, 0.4) is 0 Å². The highest BCUT2D eigenvalue weighted by molar-refractivity contribution is 5.84. The molecule has 1 atom stereocenters. The number of benzene rings is 1. The largest absolute Gasteiger partial charge is 0.480 e. The summed E-state index contributed by atoms with van der Waals surface area (Å²) in [7, 11) is 0. The van der Waals surface area contributed by atoms with Gasteiger partial charge in [0, 0.05) is 5.41 Å². The summed E-state index contributed by atoms with van der Waals surface area (Å²) in [6, 6.07) is 3.91. The van der Waals surface area contributed by atoms with Crippen molar-refractivity contribution in [1.29, 1.82) is 0 Å². The van der Waals surface area contributed by atoms with Gasteiger partial charge in [-0.25, -0.2) is 9.18 Å². The number of hydrogen-bond donors (Lipinski definition) is 2. The third-order valence-electron chi connectivity index (χ3n) is 2.97. The van der Waals surface area contributed by atoms with Crippen molar-refractivity contribution < 1.29 is 14.3 Å². The number of anilines is 1. The highest BCUT2D eigenvalue weighted by Gasteiger charge is 2.44. The average Bonchev–Trinajstić information content (AvgIpc) is 2.40. The number of carbonyl (C=O) groups is 1. The molecule has 0 amide bonds. The molecule has 0 unspecified atom stereocenters. The lowest BCUT2D eigenvalue weighted by molar-refractivity contribution is -0.139. The van der Waals surface area contributed by atoms with Gasteiger partial charge in [-0.2, -0.15) is 0 Å². The van der Waals surface area contributed by atoms with Crippen molar-refractivity contribution in [3.8, 4) is 0 Å². The van der Waals surface area contributed by atoms with Gasteiger partial charge in [0.05, 0.1) is 5.69 Å². The molecule has 0 fully saturated rings. The van der Waals surface area contributed by atoms with Crippen molar-refractivity contribution in [2.75, 3.05) is 5.32 Å². The maximum absolute atomic E-state index is 13.4. The summed E-state index contributed by atoms with van der Waals surface area (Å²) in [5.74, 6) is -1.36. The van der Waals surface area contributed by atoms with Crippen LogP contribution in [0.5, 0.6) is 0 Å². The van der Waals surface area contributed by atoms with Crippen LogP contribution in [-0.2, 0) is 10.2 Å². The fourth-order valence-electron chi connectivity index (χ4n) is 2.06.